The molecule has 1 aromatic carbocycles. The molecule has 0 amide bonds. The molecule has 2 aromatic rings. The lowest BCUT2D eigenvalue weighted by molar-refractivity contribution is 0.422. The second-order valence-corrected chi connectivity index (χ2v) is 5.82. The topological polar surface area (TPSA) is 40.7 Å². The first-order valence-corrected chi connectivity index (χ1v) is 6.40. The van der Waals surface area contributed by atoms with E-state index < -0.39 is 0 Å². The van der Waals surface area contributed by atoms with Crippen LogP contribution in [-0.4, -0.2) is 15.5 Å². The smallest absolute Gasteiger partial charge is 0.137 e. The van der Waals surface area contributed by atoms with Crippen LogP contribution in [0, 0.1) is 12.7 Å². The Morgan fingerprint density at radius 3 is 2.68 bits per heavy atom. The minimum absolute atomic E-state index is 0.0568. The van der Waals surface area contributed by atoms with E-state index in [0.29, 0.717) is 17.9 Å². The fourth-order valence-electron chi connectivity index (χ4n) is 1.70. The predicted molar refractivity (Wildman–Crippen MR) is 75.3 cm³/mol. The maximum absolute atomic E-state index is 13.5. The van der Waals surface area contributed by atoms with Crippen molar-refractivity contribution < 1.29 is 4.39 Å². The molecule has 2 rings (SSSR count). The summed E-state index contributed by atoms with van der Waals surface area (Å²) in [6.45, 7) is 8.80. The van der Waals surface area contributed by atoms with Crippen LogP contribution in [-0.2, 0) is 6.54 Å². The number of aryl methyl sites for hydroxylation is 1. The van der Waals surface area contributed by atoms with E-state index in [-0.39, 0.29) is 11.4 Å². The number of nitrogens with zero attached hydrogens (tertiary/aromatic N) is 1. The molecule has 102 valence electrons. The molecule has 0 bridgehead atoms. The fourth-order valence-corrected chi connectivity index (χ4v) is 1.70. The van der Waals surface area contributed by atoms with Crippen molar-refractivity contribution in [2.45, 2.75) is 39.8 Å². The highest BCUT2D eigenvalue weighted by Crippen LogP contribution is 2.19. The van der Waals surface area contributed by atoms with Gasteiger partial charge in [-0.1, -0.05) is 12.1 Å². The monoisotopic (exact) mass is 261 g/mol. The lowest BCUT2D eigenvalue weighted by atomic mass is 10.1. The Morgan fingerprint density at radius 1 is 1.32 bits per heavy atom. The number of imidazole rings is 1. The summed E-state index contributed by atoms with van der Waals surface area (Å²) in [6, 6.07) is 5.15. The van der Waals surface area contributed by atoms with Crippen molar-refractivity contribution in [1.29, 1.82) is 0 Å². The van der Waals surface area contributed by atoms with Gasteiger partial charge in [0.05, 0.1) is 0 Å². The van der Waals surface area contributed by atoms with Crippen LogP contribution in [0.2, 0.25) is 0 Å². The third-order valence-corrected chi connectivity index (χ3v) is 2.88. The first-order valence-electron chi connectivity index (χ1n) is 6.40. The normalized spacial score (nSPS) is 11.8. The maximum atomic E-state index is 13.5. The summed E-state index contributed by atoms with van der Waals surface area (Å²) in [7, 11) is 0. The molecule has 0 saturated heterocycles. The zero-order chi connectivity index (χ0) is 14.0. The van der Waals surface area contributed by atoms with Gasteiger partial charge in [-0.15, -0.1) is 0 Å². The van der Waals surface area contributed by atoms with Gasteiger partial charge in [-0.2, -0.15) is 0 Å². The minimum atomic E-state index is -0.205. The van der Waals surface area contributed by atoms with Crippen LogP contribution < -0.4 is 5.32 Å². The highest BCUT2D eigenvalue weighted by Gasteiger charge is 2.10. The Kier molecular flexibility index (Phi) is 3.71. The summed E-state index contributed by atoms with van der Waals surface area (Å²) in [5.74, 6) is 0.493. The largest absolute Gasteiger partial charge is 0.341 e. The number of hydrogen-bond donors (Lipinski definition) is 2. The Balaban J connectivity index is 2.14. The summed E-state index contributed by atoms with van der Waals surface area (Å²) in [6.07, 6.45) is 1.78. The Hall–Kier alpha value is -1.68. The lowest BCUT2D eigenvalue weighted by Gasteiger charge is -2.19. The molecule has 0 radical (unpaired) electrons. The SMILES string of the molecule is Cc1ccc(-c2ncc(CNC(C)(C)C)[nH]2)cc1F. The van der Waals surface area contributed by atoms with E-state index in [0.717, 1.165) is 11.3 Å². The second-order valence-electron chi connectivity index (χ2n) is 5.82. The van der Waals surface area contributed by atoms with Gasteiger partial charge in [0.25, 0.3) is 0 Å². The van der Waals surface area contributed by atoms with Crippen LogP contribution in [0.5, 0.6) is 0 Å². The molecule has 0 aliphatic heterocycles. The third kappa shape index (κ3) is 3.64. The van der Waals surface area contributed by atoms with E-state index in [4.69, 9.17) is 0 Å². The lowest BCUT2D eigenvalue weighted by Crippen LogP contribution is -2.35. The van der Waals surface area contributed by atoms with Crippen LogP contribution in [0.4, 0.5) is 4.39 Å². The Bertz CT molecular complexity index is 567. The average Bonchev–Trinajstić information content (AvgIpc) is 2.78. The third-order valence-electron chi connectivity index (χ3n) is 2.88. The molecule has 0 spiro atoms. The number of hydrogen-bond acceptors (Lipinski definition) is 2. The minimum Gasteiger partial charge on any atom is -0.341 e. The molecule has 19 heavy (non-hydrogen) atoms. The quantitative estimate of drug-likeness (QED) is 0.889. The van der Waals surface area contributed by atoms with Crippen LogP contribution in [0.25, 0.3) is 11.4 Å². The molecule has 0 aliphatic rings. The number of H-pyrrole nitrogens is 1. The van der Waals surface area contributed by atoms with E-state index in [9.17, 15) is 4.39 Å². The van der Waals surface area contributed by atoms with Gasteiger partial charge in [0.1, 0.15) is 11.6 Å². The molecule has 0 fully saturated rings. The predicted octanol–water partition coefficient (Wildman–Crippen LogP) is 3.41. The Morgan fingerprint density at radius 2 is 2.05 bits per heavy atom. The van der Waals surface area contributed by atoms with Gasteiger partial charge in [0.2, 0.25) is 0 Å². The number of aromatic nitrogens is 2. The van der Waals surface area contributed by atoms with Crippen LogP contribution in [0.3, 0.4) is 0 Å². The summed E-state index contributed by atoms with van der Waals surface area (Å²) < 4.78 is 13.5. The molecule has 2 N–H and O–H groups in total. The zero-order valence-corrected chi connectivity index (χ0v) is 11.8. The molecule has 1 heterocycles. The molecule has 1 aromatic heterocycles. The second kappa shape index (κ2) is 5.13. The molecular formula is C15H20FN3. The van der Waals surface area contributed by atoms with Gasteiger partial charge in [-0.25, -0.2) is 9.37 Å². The fraction of sp³-hybridized carbons (Fsp3) is 0.400. The molecular weight excluding hydrogens is 241 g/mol. The van der Waals surface area contributed by atoms with E-state index in [2.05, 4.69) is 36.1 Å². The van der Waals surface area contributed by atoms with Crippen molar-refractivity contribution in [3.63, 3.8) is 0 Å². The van der Waals surface area contributed by atoms with E-state index in [1.165, 1.54) is 6.07 Å². The van der Waals surface area contributed by atoms with Crippen molar-refractivity contribution >= 4 is 0 Å². The molecule has 0 saturated carbocycles. The highest BCUT2D eigenvalue weighted by atomic mass is 19.1. The van der Waals surface area contributed by atoms with Gasteiger partial charge in [0.15, 0.2) is 0 Å². The summed E-state index contributed by atoms with van der Waals surface area (Å²) in [5, 5.41) is 3.38. The first kappa shape index (κ1) is 13.7. The average molecular weight is 261 g/mol. The van der Waals surface area contributed by atoms with Crippen molar-refractivity contribution in [2.24, 2.45) is 0 Å². The van der Waals surface area contributed by atoms with Gasteiger partial charge in [-0.3, -0.25) is 0 Å². The van der Waals surface area contributed by atoms with Crippen molar-refractivity contribution in [1.82, 2.24) is 15.3 Å². The molecule has 4 heteroatoms. The molecule has 0 unspecified atom stereocenters. The number of rotatable bonds is 3. The van der Waals surface area contributed by atoms with Crippen LogP contribution in [0.1, 0.15) is 32.0 Å². The molecule has 3 nitrogen and oxygen atoms in total. The van der Waals surface area contributed by atoms with Crippen molar-refractivity contribution in [3.05, 3.63) is 41.5 Å². The molecule has 0 atom stereocenters. The standard InChI is InChI=1S/C15H20FN3/c1-10-5-6-11(7-13(10)16)14-17-8-12(19-14)9-18-15(2,3)4/h5-8,18H,9H2,1-4H3,(H,17,19). The Labute approximate surface area is 113 Å². The summed E-state index contributed by atoms with van der Waals surface area (Å²) in [4.78, 5) is 7.50. The van der Waals surface area contributed by atoms with E-state index >= 15 is 0 Å². The highest BCUT2D eigenvalue weighted by molar-refractivity contribution is 5.55. The van der Waals surface area contributed by atoms with E-state index in [1.807, 2.05) is 6.07 Å². The molecule has 0 aliphatic carbocycles. The van der Waals surface area contributed by atoms with Gasteiger partial charge < -0.3 is 10.3 Å². The van der Waals surface area contributed by atoms with Crippen LogP contribution >= 0.6 is 0 Å². The summed E-state index contributed by atoms with van der Waals surface area (Å²) in [5.41, 5.74) is 2.46. The maximum Gasteiger partial charge on any atom is 0.137 e. The number of halogens is 1. The number of nitrogens with one attached hydrogen (secondary N) is 2. The van der Waals surface area contributed by atoms with Gasteiger partial charge in [0, 0.05) is 29.5 Å². The number of aromatic amines is 1. The summed E-state index contributed by atoms with van der Waals surface area (Å²) >= 11 is 0. The van der Waals surface area contributed by atoms with Crippen LogP contribution in [0.15, 0.2) is 24.4 Å². The van der Waals surface area contributed by atoms with Gasteiger partial charge in [-0.05, 0) is 39.3 Å². The van der Waals surface area contributed by atoms with Crippen molar-refractivity contribution in [2.75, 3.05) is 0 Å². The number of benzene rings is 1. The van der Waals surface area contributed by atoms with Crippen molar-refractivity contribution in [3.8, 4) is 11.4 Å². The first-order chi connectivity index (χ1) is 8.85. The zero-order valence-electron chi connectivity index (χ0n) is 11.8. The van der Waals surface area contributed by atoms with Gasteiger partial charge >= 0.3 is 0 Å². The van der Waals surface area contributed by atoms with E-state index in [1.54, 1.807) is 19.2 Å².